The molecule has 0 amide bonds. The first-order valence-corrected chi connectivity index (χ1v) is 7.47. The Hall–Kier alpha value is -0.450. The lowest BCUT2D eigenvalue weighted by Gasteiger charge is -2.22. The van der Waals surface area contributed by atoms with E-state index in [2.05, 4.69) is 35.1 Å². The molecule has 0 aliphatic rings. The maximum Gasteiger partial charge on any atom is 0.126 e. The molecule has 0 saturated carbocycles. The molecule has 0 radical (unpaired) electrons. The average Bonchev–Trinajstić information content (AvgIpc) is 2.37. The Morgan fingerprint density at radius 1 is 1.37 bits per heavy atom. The fourth-order valence-corrected chi connectivity index (χ4v) is 2.40. The van der Waals surface area contributed by atoms with Gasteiger partial charge in [-0.3, -0.25) is 0 Å². The molecule has 0 spiro atoms. The molecule has 0 bridgehead atoms. The predicted octanol–water partition coefficient (Wildman–Crippen LogP) is 3.64. The third-order valence-electron chi connectivity index (χ3n) is 3.32. The van der Waals surface area contributed by atoms with Gasteiger partial charge in [0.05, 0.1) is 6.61 Å². The van der Waals surface area contributed by atoms with Gasteiger partial charge in [0.2, 0.25) is 0 Å². The topological polar surface area (TPSA) is 21.3 Å². The van der Waals surface area contributed by atoms with Crippen molar-refractivity contribution in [2.75, 3.05) is 26.8 Å². The van der Waals surface area contributed by atoms with Gasteiger partial charge >= 0.3 is 0 Å². The molecule has 0 aliphatic heterocycles. The molecule has 2 nitrogen and oxygen atoms in total. The summed E-state index contributed by atoms with van der Waals surface area (Å²) >= 11 is 3.40. The van der Waals surface area contributed by atoms with Crippen molar-refractivity contribution in [3.05, 3.63) is 34.1 Å². The van der Waals surface area contributed by atoms with Crippen LogP contribution in [0, 0.1) is 17.7 Å². The van der Waals surface area contributed by atoms with Crippen LogP contribution < -0.4 is 5.32 Å². The highest BCUT2D eigenvalue weighted by Gasteiger charge is 2.16. The third kappa shape index (κ3) is 6.02. The minimum Gasteiger partial charge on any atom is -0.383 e. The molecule has 1 N–H and O–H groups in total. The number of rotatable bonds is 8. The van der Waals surface area contributed by atoms with Gasteiger partial charge in [-0.2, -0.15) is 0 Å². The Morgan fingerprint density at radius 3 is 2.74 bits per heavy atom. The first-order valence-electron chi connectivity index (χ1n) is 6.68. The van der Waals surface area contributed by atoms with Crippen LogP contribution >= 0.6 is 15.9 Å². The minimum atomic E-state index is -0.120. The molecule has 19 heavy (non-hydrogen) atoms. The SMILES string of the molecule is COCCNCC(Cc1cc(Br)ccc1F)C(C)C. The number of hydrogen-bond acceptors (Lipinski definition) is 2. The molecule has 1 unspecified atom stereocenters. The third-order valence-corrected chi connectivity index (χ3v) is 3.82. The van der Waals surface area contributed by atoms with Gasteiger partial charge in [0.1, 0.15) is 5.82 Å². The molecule has 0 fully saturated rings. The van der Waals surface area contributed by atoms with Crippen LogP contribution in [0.25, 0.3) is 0 Å². The summed E-state index contributed by atoms with van der Waals surface area (Å²) < 4.78 is 19.7. The maximum atomic E-state index is 13.8. The summed E-state index contributed by atoms with van der Waals surface area (Å²) in [5.41, 5.74) is 0.779. The van der Waals surface area contributed by atoms with Gasteiger partial charge in [-0.05, 0) is 48.6 Å². The lowest BCUT2D eigenvalue weighted by atomic mass is 9.89. The zero-order valence-corrected chi connectivity index (χ0v) is 13.5. The Balaban J connectivity index is 2.59. The molecule has 1 aromatic carbocycles. The number of benzene rings is 1. The Kier molecular flexibility index (Phi) is 7.57. The summed E-state index contributed by atoms with van der Waals surface area (Å²) in [6, 6.07) is 5.13. The molecule has 1 aromatic rings. The number of ether oxygens (including phenoxy) is 1. The summed E-state index contributed by atoms with van der Waals surface area (Å²) in [6.45, 7) is 6.78. The average molecular weight is 332 g/mol. The lowest BCUT2D eigenvalue weighted by Crippen LogP contribution is -2.30. The van der Waals surface area contributed by atoms with Crippen LogP contribution in [0.3, 0.4) is 0 Å². The first-order chi connectivity index (χ1) is 9.04. The van der Waals surface area contributed by atoms with Crippen molar-refractivity contribution in [2.45, 2.75) is 20.3 Å². The van der Waals surface area contributed by atoms with Crippen molar-refractivity contribution in [1.29, 1.82) is 0 Å². The normalized spacial score (nSPS) is 12.9. The largest absolute Gasteiger partial charge is 0.383 e. The van der Waals surface area contributed by atoms with E-state index in [1.165, 1.54) is 6.07 Å². The van der Waals surface area contributed by atoms with E-state index in [1.54, 1.807) is 13.2 Å². The highest BCUT2D eigenvalue weighted by atomic mass is 79.9. The fraction of sp³-hybridized carbons (Fsp3) is 0.600. The van der Waals surface area contributed by atoms with E-state index in [1.807, 2.05) is 6.07 Å². The van der Waals surface area contributed by atoms with Gasteiger partial charge < -0.3 is 10.1 Å². The smallest absolute Gasteiger partial charge is 0.126 e. The quantitative estimate of drug-likeness (QED) is 0.734. The monoisotopic (exact) mass is 331 g/mol. The van der Waals surface area contributed by atoms with Gasteiger partial charge in [0.25, 0.3) is 0 Å². The number of nitrogens with one attached hydrogen (secondary N) is 1. The Morgan fingerprint density at radius 2 is 2.11 bits per heavy atom. The summed E-state index contributed by atoms with van der Waals surface area (Å²) in [5.74, 6) is 0.805. The standard InChI is InChI=1S/C15H23BrFNO/c1-11(2)13(10-18-6-7-19-3)8-12-9-14(16)4-5-15(12)17/h4-5,9,11,13,18H,6-8,10H2,1-3H3. The van der Waals surface area contributed by atoms with Gasteiger partial charge in [0.15, 0.2) is 0 Å². The summed E-state index contributed by atoms with van der Waals surface area (Å²) in [6.07, 6.45) is 0.753. The van der Waals surface area contributed by atoms with E-state index >= 15 is 0 Å². The Bertz CT molecular complexity index is 384. The van der Waals surface area contributed by atoms with Crippen molar-refractivity contribution >= 4 is 15.9 Å². The van der Waals surface area contributed by atoms with Crippen LogP contribution in [0.4, 0.5) is 4.39 Å². The molecule has 4 heteroatoms. The molecular formula is C15H23BrFNO. The van der Waals surface area contributed by atoms with Crippen molar-refractivity contribution in [1.82, 2.24) is 5.32 Å². The van der Waals surface area contributed by atoms with E-state index in [4.69, 9.17) is 4.74 Å². The molecule has 1 atom stereocenters. The number of halogens is 2. The van der Waals surface area contributed by atoms with Crippen LogP contribution in [-0.2, 0) is 11.2 Å². The fourth-order valence-electron chi connectivity index (χ4n) is 1.99. The van der Waals surface area contributed by atoms with E-state index in [0.29, 0.717) is 18.4 Å². The van der Waals surface area contributed by atoms with Crippen molar-refractivity contribution in [2.24, 2.45) is 11.8 Å². The summed E-state index contributed by atoms with van der Waals surface area (Å²) in [4.78, 5) is 0. The maximum absolute atomic E-state index is 13.8. The molecule has 0 aliphatic carbocycles. The predicted molar refractivity (Wildman–Crippen MR) is 80.9 cm³/mol. The molecule has 0 aromatic heterocycles. The molecule has 0 saturated heterocycles. The minimum absolute atomic E-state index is 0.120. The molecule has 0 heterocycles. The van der Waals surface area contributed by atoms with Crippen LogP contribution in [-0.4, -0.2) is 26.8 Å². The van der Waals surface area contributed by atoms with Gasteiger partial charge in [-0.15, -0.1) is 0 Å². The van der Waals surface area contributed by atoms with Crippen LogP contribution in [0.2, 0.25) is 0 Å². The first kappa shape index (κ1) is 16.6. The van der Waals surface area contributed by atoms with E-state index < -0.39 is 0 Å². The van der Waals surface area contributed by atoms with Gasteiger partial charge in [-0.1, -0.05) is 29.8 Å². The van der Waals surface area contributed by atoms with Gasteiger partial charge in [-0.25, -0.2) is 4.39 Å². The second kappa shape index (κ2) is 8.67. The highest BCUT2D eigenvalue weighted by molar-refractivity contribution is 9.10. The van der Waals surface area contributed by atoms with Crippen LogP contribution in [0.5, 0.6) is 0 Å². The zero-order valence-electron chi connectivity index (χ0n) is 11.9. The second-order valence-electron chi connectivity index (χ2n) is 5.14. The van der Waals surface area contributed by atoms with Crippen molar-refractivity contribution < 1.29 is 9.13 Å². The molecule has 1 rings (SSSR count). The van der Waals surface area contributed by atoms with Crippen LogP contribution in [0.15, 0.2) is 22.7 Å². The van der Waals surface area contributed by atoms with Crippen molar-refractivity contribution in [3.8, 4) is 0 Å². The summed E-state index contributed by atoms with van der Waals surface area (Å²) in [7, 11) is 1.69. The van der Waals surface area contributed by atoms with Crippen molar-refractivity contribution in [3.63, 3.8) is 0 Å². The highest BCUT2D eigenvalue weighted by Crippen LogP contribution is 2.22. The van der Waals surface area contributed by atoms with Crippen LogP contribution in [0.1, 0.15) is 19.4 Å². The zero-order chi connectivity index (χ0) is 14.3. The lowest BCUT2D eigenvalue weighted by molar-refractivity contribution is 0.196. The molecule has 108 valence electrons. The summed E-state index contributed by atoms with van der Waals surface area (Å²) in [5, 5.41) is 3.36. The number of hydrogen-bond donors (Lipinski definition) is 1. The van der Waals surface area contributed by atoms with Gasteiger partial charge in [0, 0.05) is 18.1 Å². The Labute approximate surface area is 123 Å². The van der Waals surface area contributed by atoms with E-state index in [0.717, 1.165) is 29.5 Å². The number of methoxy groups -OCH3 is 1. The molecular weight excluding hydrogens is 309 g/mol. The van der Waals surface area contributed by atoms with E-state index in [9.17, 15) is 4.39 Å². The second-order valence-corrected chi connectivity index (χ2v) is 6.06. The van der Waals surface area contributed by atoms with E-state index in [-0.39, 0.29) is 5.82 Å².